The summed E-state index contributed by atoms with van der Waals surface area (Å²) in [6.45, 7) is 5.82. The molecule has 1 aromatic rings. The van der Waals surface area contributed by atoms with Gasteiger partial charge in [0.15, 0.2) is 5.96 Å². The molecule has 3 rings (SSSR count). The molecule has 1 aromatic heterocycles. The molecule has 2 N–H and O–H groups in total. The highest BCUT2D eigenvalue weighted by atomic mass is 32.1. The number of rotatable bonds is 6. The standard InChI is InChI=1S/C17H28N4OS/c1-4-22-15-10-14(17(15)7-5-8-17)21-16(18-3)19-9-6-13-11-23-12(2)20-13/h11,14-15H,4-10H2,1-3H3,(H2,18,19,21). The van der Waals surface area contributed by atoms with Crippen LogP contribution in [0.25, 0.3) is 0 Å². The average Bonchev–Trinajstić information content (AvgIpc) is 2.88. The number of hydrogen-bond acceptors (Lipinski definition) is 4. The van der Waals surface area contributed by atoms with Gasteiger partial charge in [-0.3, -0.25) is 4.99 Å². The molecule has 1 spiro atoms. The fourth-order valence-electron chi connectivity index (χ4n) is 3.83. The molecule has 2 saturated carbocycles. The summed E-state index contributed by atoms with van der Waals surface area (Å²) in [6.07, 6.45) is 6.36. The van der Waals surface area contributed by atoms with Crippen LogP contribution in [-0.4, -0.2) is 43.3 Å². The maximum atomic E-state index is 5.91. The van der Waals surface area contributed by atoms with E-state index in [2.05, 4.69) is 32.9 Å². The van der Waals surface area contributed by atoms with E-state index in [-0.39, 0.29) is 0 Å². The number of thiazole rings is 1. The molecule has 2 aliphatic rings. The summed E-state index contributed by atoms with van der Waals surface area (Å²) >= 11 is 1.71. The smallest absolute Gasteiger partial charge is 0.191 e. The average molecular weight is 337 g/mol. The lowest BCUT2D eigenvalue weighted by molar-refractivity contribution is -0.168. The monoisotopic (exact) mass is 336 g/mol. The fourth-order valence-corrected chi connectivity index (χ4v) is 4.48. The highest BCUT2D eigenvalue weighted by molar-refractivity contribution is 7.09. The van der Waals surface area contributed by atoms with Crippen molar-refractivity contribution in [3.63, 3.8) is 0 Å². The number of nitrogens with zero attached hydrogens (tertiary/aromatic N) is 2. The van der Waals surface area contributed by atoms with Crippen LogP contribution < -0.4 is 10.6 Å². The van der Waals surface area contributed by atoms with Gasteiger partial charge in [0.05, 0.1) is 16.8 Å². The third-order valence-electron chi connectivity index (χ3n) is 5.31. The molecular weight excluding hydrogens is 308 g/mol. The molecule has 5 nitrogen and oxygen atoms in total. The summed E-state index contributed by atoms with van der Waals surface area (Å²) < 4.78 is 5.91. The number of hydrogen-bond donors (Lipinski definition) is 2. The van der Waals surface area contributed by atoms with Gasteiger partial charge in [-0.2, -0.15) is 0 Å². The Labute approximate surface area is 142 Å². The third kappa shape index (κ3) is 3.38. The van der Waals surface area contributed by atoms with E-state index < -0.39 is 0 Å². The van der Waals surface area contributed by atoms with Crippen LogP contribution >= 0.6 is 11.3 Å². The van der Waals surface area contributed by atoms with E-state index in [1.807, 2.05) is 14.0 Å². The molecular formula is C17H28N4OS. The van der Waals surface area contributed by atoms with Gasteiger partial charge in [-0.05, 0) is 33.1 Å². The predicted octanol–water partition coefficient (Wildman–Crippen LogP) is 2.51. The molecule has 1 heterocycles. The first-order valence-corrected chi connectivity index (χ1v) is 9.55. The lowest BCUT2D eigenvalue weighted by Gasteiger charge is -2.61. The van der Waals surface area contributed by atoms with Crippen molar-refractivity contribution < 1.29 is 4.74 Å². The molecule has 128 valence electrons. The van der Waals surface area contributed by atoms with Gasteiger partial charge < -0.3 is 15.4 Å². The molecule has 0 bridgehead atoms. The van der Waals surface area contributed by atoms with Crippen LogP contribution in [0.2, 0.25) is 0 Å². The quantitative estimate of drug-likeness (QED) is 0.619. The first-order valence-electron chi connectivity index (χ1n) is 8.67. The minimum Gasteiger partial charge on any atom is -0.378 e. The van der Waals surface area contributed by atoms with Crippen LogP contribution in [0.1, 0.15) is 43.3 Å². The van der Waals surface area contributed by atoms with E-state index in [0.29, 0.717) is 17.6 Å². The highest BCUT2D eigenvalue weighted by Gasteiger charge is 2.59. The van der Waals surface area contributed by atoms with E-state index in [0.717, 1.165) is 42.7 Å². The molecule has 2 aliphatic carbocycles. The molecule has 2 unspecified atom stereocenters. The number of ether oxygens (including phenoxy) is 1. The summed E-state index contributed by atoms with van der Waals surface area (Å²) in [5.41, 5.74) is 1.52. The predicted molar refractivity (Wildman–Crippen MR) is 95.2 cm³/mol. The number of aliphatic imine (C=N–C) groups is 1. The molecule has 2 atom stereocenters. The van der Waals surface area contributed by atoms with Crippen molar-refractivity contribution in [3.05, 3.63) is 16.1 Å². The van der Waals surface area contributed by atoms with Gasteiger partial charge in [0.2, 0.25) is 0 Å². The number of nitrogens with one attached hydrogen (secondary N) is 2. The fraction of sp³-hybridized carbons (Fsp3) is 0.765. The van der Waals surface area contributed by atoms with E-state index in [1.54, 1.807) is 11.3 Å². The van der Waals surface area contributed by atoms with Gasteiger partial charge in [0.25, 0.3) is 0 Å². The maximum Gasteiger partial charge on any atom is 0.191 e. The number of guanidine groups is 1. The van der Waals surface area contributed by atoms with Crippen molar-refractivity contribution in [2.75, 3.05) is 20.2 Å². The van der Waals surface area contributed by atoms with Gasteiger partial charge in [0, 0.05) is 43.5 Å². The molecule has 0 aromatic carbocycles. The molecule has 2 fully saturated rings. The van der Waals surface area contributed by atoms with Crippen molar-refractivity contribution in [2.24, 2.45) is 10.4 Å². The molecule has 6 heteroatoms. The van der Waals surface area contributed by atoms with Crippen molar-refractivity contribution in [1.82, 2.24) is 15.6 Å². The molecule has 23 heavy (non-hydrogen) atoms. The Balaban J connectivity index is 1.46. The largest absolute Gasteiger partial charge is 0.378 e. The highest BCUT2D eigenvalue weighted by Crippen LogP contribution is 2.57. The van der Waals surface area contributed by atoms with Gasteiger partial charge in [-0.25, -0.2) is 4.98 Å². The Hall–Kier alpha value is -1.14. The topological polar surface area (TPSA) is 58.5 Å². The molecule has 0 saturated heterocycles. The zero-order valence-electron chi connectivity index (χ0n) is 14.4. The zero-order chi connectivity index (χ0) is 16.3. The number of aromatic nitrogens is 1. The van der Waals surface area contributed by atoms with Crippen LogP contribution in [-0.2, 0) is 11.2 Å². The lowest BCUT2D eigenvalue weighted by Crippen LogP contribution is -2.68. The number of aryl methyl sites for hydroxylation is 1. The summed E-state index contributed by atoms with van der Waals surface area (Å²) in [7, 11) is 1.84. The van der Waals surface area contributed by atoms with Crippen molar-refractivity contribution >= 4 is 17.3 Å². The lowest BCUT2D eigenvalue weighted by atomic mass is 9.51. The molecule has 0 amide bonds. The Morgan fingerprint density at radius 1 is 1.52 bits per heavy atom. The Bertz CT molecular complexity index is 553. The first-order chi connectivity index (χ1) is 11.2. The van der Waals surface area contributed by atoms with Crippen LogP contribution in [0.3, 0.4) is 0 Å². The van der Waals surface area contributed by atoms with Crippen LogP contribution in [0.15, 0.2) is 10.4 Å². The van der Waals surface area contributed by atoms with Crippen molar-refractivity contribution in [1.29, 1.82) is 0 Å². The molecule has 0 aliphatic heterocycles. The van der Waals surface area contributed by atoms with Gasteiger partial charge in [0.1, 0.15) is 0 Å². The minimum absolute atomic E-state index is 0.361. The summed E-state index contributed by atoms with van der Waals surface area (Å²) in [4.78, 5) is 8.88. The Morgan fingerprint density at radius 2 is 2.35 bits per heavy atom. The summed E-state index contributed by atoms with van der Waals surface area (Å²) in [5, 5.41) is 10.3. The summed E-state index contributed by atoms with van der Waals surface area (Å²) in [6, 6.07) is 0.500. The summed E-state index contributed by atoms with van der Waals surface area (Å²) in [5.74, 6) is 0.906. The van der Waals surface area contributed by atoms with Crippen LogP contribution in [0.5, 0.6) is 0 Å². The second-order valence-electron chi connectivity index (χ2n) is 6.57. The molecule has 0 radical (unpaired) electrons. The first kappa shape index (κ1) is 16.7. The van der Waals surface area contributed by atoms with E-state index in [1.165, 1.54) is 19.3 Å². The van der Waals surface area contributed by atoms with E-state index in [9.17, 15) is 0 Å². The van der Waals surface area contributed by atoms with E-state index >= 15 is 0 Å². The second kappa shape index (κ2) is 7.18. The second-order valence-corrected chi connectivity index (χ2v) is 7.63. The van der Waals surface area contributed by atoms with Gasteiger partial charge in [-0.15, -0.1) is 11.3 Å². The van der Waals surface area contributed by atoms with E-state index in [4.69, 9.17) is 4.74 Å². The van der Waals surface area contributed by atoms with Gasteiger partial charge in [-0.1, -0.05) is 6.42 Å². The third-order valence-corrected chi connectivity index (χ3v) is 6.13. The van der Waals surface area contributed by atoms with Crippen LogP contribution in [0.4, 0.5) is 0 Å². The van der Waals surface area contributed by atoms with Crippen molar-refractivity contribution in [2.45, 2.75) is 58.1 Å². The zero-order valence-corrected chi connectivity index (χ0v) is 15.2. The minimum atomic E-state index is 0.361. The van der Waals surface area contributed by atoms with Gasteiger partial charge >= 0.3 is 0 Å². The Kier molecular flexibility index (Phi) is 5.21. The SMILES string of the molecule is CCOC1CC(NC(=NC)NCCc2csc(C)n2)C12CCC2. The van der Waals surface area contributed by atoms with Crippen molar-refractivity contribution in [3.8, 4) is 0 Å². The van der Waals surface area contributed by atoms with Crippen LogP contribution in [0, 0.1) is 12.3 Å². The normalized spacial score (nSPS) is 25.8. The Morgan fingerprint density at radius 3 is 2.91 bits per heavy atom. The maximum absolute atomic E-state index is 5.91.